The minimum atomic E-state index is -1.49. The molecule has 0 aliphatic carbocycles. The highest BCUT2D eigenvalue weighted by atomic mass is 79.9. The summed E-state index contributed by atoms with van der Waals surface area (Å²) in [5.41, 5.74) is 2.02. The summed E-state index contributed by atoms with van der Waals surface area (Å²) in [6, 6.07) is 15.1. The van der Waals surface area contributed by atoms with Crippen molar-refractivity contribution in [1.82, 2.24) is 0 Å². The molecule has 0 aromatic heterocycles. The Morgan fingerprint density at radius 1 is 1.10 bits per heavy atom. The van der Waals surface area contributed by atoms with Gasteiger partial charge >= 0.3 is 0 Å². The molecule has 0 spiro atoms. The molecule has 0 bridgehead atoms. The minimum Gasteiger partial charge on any atom is -0.271 e. The first-order chi connectivity index (χ1) is 10.0. The summed E-state index contributed by atoms with van der Waals surface area (Å²) in [5, 5.41) is 0. The zero-order valence-electron chi connectivity index (χ0n) is 11.8. The lowest BCUT2D eigenvalue weighted by Gasteiger charge is -2.06. The van der Waals surface area contributed by atoms with Crippen LogP contribution in [0.5, 0.6) is 0 Å². The quantitative estimate of drug-likeness (QED) is 0.763. The number of halogens is 1. The maximum absolute atomic E-state index is 12.0. The molecule has 21 heavy (non-hydrogen) atoms. The molecule has 0 N–H and O–H groups in total. The van der Waals surface area contributed by atoms with E-state index in [-0.39, 0.29) is 0 Å². The van der Waals surface area contributed by atoms with Crippen LogP contribution in [-0.2, 0) is 15.3 Å². The van der Waals surface area contributed by atoms with Gasteiger partial charge in [0.25, 0.3) is 0 Å². The van der Waals surface area contributed by atoms with E-state index in [4.69, 9.17) is 4.18 Å². The standard InChI is InChI=1S/C17H15BrO2S/c1-13-3-11-17(12-4-13)21(19)20-14(2)5-6-15-7-9-16(18)10-8-15/h3-4,7-12,14H,1-2H3/t14-,21-/m0/s1. The van der Waals surface area contributed by atoms with Crippen LogP contribution >= 0.6 is 15.9 Å². The SMILES string of the molecule is Cc1ccc([S@@](=O)O[C@@H](C)C#Cc2ccc(Br)cc2)cc1. The van der Waals surface area contributed by atoms with Gasteiger partial charge in [-0.05, 0) is 50.2 Å². The Balaban J connectivity index is 1.98. The molecule has 0 saturated carbocycles. The highest BCUT2D eigenvalue weighted by Gasteiger charge is 2.08. The van der Waals surface area contributed by atoms with Gasteiger partial charge in [-0.15, -0.1) is 0 Å². The Bertz CT molecular complexity index is 681. The molecule has 0 unspecified atom stereocenters. The third-order valence-electron chi connectivity index (χ3n) is 2.71. The summed E-state index contributed by atoms with van der Waals surface area (Å²) >= 11 is 1.88. The van der Waals surface area contributed by atoms with Gasteiger partial charge in [-0.3, -0.25) is 4.18 Å². The highest BCUT2D eigenvalue weighted by molar-refractivity contribution is 9.10. The summed E-state index contributed by atoms with van der Waals surface area (Å²) in [6.45, 7) is 3.78. The van der Waals surface area contributed by atoms with Gasteiger partial charge in [0.05, 0.1) is 4.90 Å². The molecule has 4 heteroatoms. The molecule has 0 aliphatic heterocycles. The first-order valence-electron chi connectivity index (χ1n) is 6.47. The van der Waals surface area contributed by atoms with Gasteiger partial charge in [0, 0.05) is 10.0 Å². The lowest BCUT2D eigenvalue weighted by atomic mass is 10.2. The van der Waals surface area contributed by atoms with Crippen molar-refractivity contribution in [1.29, 1.82) is 0 Å². The Morgan fingerprint density at radius 2 is 1.71 bits per heavy atom. The predicted molar refractivity (Wildman–Crippen MR) is 89.2 cm³/mol. The summed E-state index contributed by atoms with van der Waals surface area (Å²) in [7, 11) is 0. The van der Waals surface area contributed by atoms with E-state index < -0.39 is 17.2 Å². The van der Waals surface area contributed by atoms with Crippen LogP contribution in [0.4, 0.5) is 0 Å². The Morgan fingerprint density at radius 3 is 2.33 bits per heavy atom. The molecule has 0 saturated heterocycles. The number of benzene rings is 2. The van der Waals surface area contributed by atoms with Gasteiger partial charge < -0.3 is 0 Å². The van der Waals surface area contributed by atoms with E-state index in [0.717, 1.165) is 15.6 Å². The van der Waals surface area contributed by atoms with Gasteiger partial charge in [0.15, 0.2) is 11.1 Å². The van der Waals surface area contributed by atoms with E-state index in [9.17, 15) is 4.21 Å². The number of rotatable bonds is 3. The fraction of sp³-hybridized carbons (Fsp3) is 0.176. The van der Waals surface area contributed by atoms with E-state index in [2.05, 4.69) is 27.8 Å². The Kier molecular flexibility index (Phi) is 5.75. The van der Waals surface area contributed by atoms with Gasteiger partial charge in [-0.2, -0.15) is 0 Å². The number of aryl methyl sites for hydroxylation is 1. The Hall–Kier alpha value is -1.41. The first kappa shape index (κ1) is 16.0. The van der Waals surface area contributed by atoms with Gasteiger partial charge in [-0.25, -0.2) is 4.21 Å². The van der Waals surface area contributed by atoms with Crippen LogP contribution < -0.4 is 0 Å². The second-order valence-corrected chi connectivity index (χ2v) is 6.61. The number of hydrogen-bond donors (Lipinski definition) is 0. The summed E-state index contributed by atoms with van der Waals surface area (Å²) < 4.78 is 18.5. The summed E-state index contributed by atoms with van der Waals surface area (Å²) in [5.74, 6) is 5.96. The van der Waals surface area contributed by atoms with Crippen LogP contribution in [0, 0.1) is 18.8 Å². The molecule has 0 fully saturated rings. The van der Waals surface area contributed by atoms with Crippen molar-refractivity contribution in [2.45, 2.75) is 24.8 Å². The van der Waals surface area contributed by atoms with Crippen LogP contribution in [0.3, 0.4) is 0 Å². The molecule has 0 heterocycles. The molecule has 108 valence electrons. The fourth-order valence-corrected chi connectivity index (χ4v) is 2.62. The molecule has 2 aromatic carbocycles. The van der Waals surface area contributed by atoms with Crippen LogP contribution in [0.1, 0.15) is 18.1 Å². The molecule has 2 nitrogen and oxygen atoms in total. The molecule has 2 atom stereocenters. The van der Waals surface area contributed by atoms with Gasteiger partial charge in [0.1, 0.15) is 6.10 Å². The zero-order chi connectivity index (χ0) is 15.2. The van der Waals surface area contributed by atoms with E-state index >= 15 is 0 Å². The van der Waals surface area contributed by atoms with Crippen molar-refractivity contribution in [2.24, 2.45) is 0 Å². The van der Waals surface area contributed by atoms with Crippen LogP contribution in [0.15, 0.2) is 57.9 Å². The third kappa shape index (κ3) is 5.13. The van der Waals surface area contributed by atoms with Crippen molar-refractivity contribution in [2.75, 3.05) is 0 Å². The first-order valence-corrected chi connectivity index (χ1v) is 8.34. The van der Waals surface area contributed by atoms with Crippen LogP contribution in [0.25, 0.3) is 0 Å². The lowest BCUT2D eigenvalue weighted by molar-refractivity contribution is 0.308. The smallest absolute Gasteiger partial charge is 0.190 e. The Labute approximate surface area is 136 Å². The van der Waals surface area contributed by atoms with E-state index in [1.165, 1.54) is 0 Å². The van der Waals surface area contributed by atoms with Crippen molar-refractivity contribution in [3.63, 3.8) is 0 Å². The largest absolute Gasteiger partial charge is 0.271 e. The average Bonchev–Trinajstić information content (AvgIpc) is 2.47. The van der Waals surface area contributed by atoms with Crippen LogP contribution in [-0.4, -0.2) is 10.3 Å². The second kappa shape index (κ2) is 7.56. The van der Waals surface area contributed by atoms with Crippen molar-refractivity contribution in [3.8, 4) is 11.8 Å². The predicted octanol–water partition coefficient (Wildman–Crippen LogP) is 4.24. The summed E-state index contributed by atoms with van der Waals surface area (Å²) in [4.78, 5) is 0.651. The normalized spacial score (nSPS) is 13.1. The maximum Gasteiger partial charge on any atom is 0.190 e. The summed E-state index contributed by atoms with van der Waals surface area (Å²) in [6.07, 6.45) is -0.407. The van der Waals surface area contributed by atoms with E-state index in [1.54, 1.807) is 19.1 Å². The lowest BCUT2D eigenvalue weighted by Crippen LogP contribution is -2.08. The highest BCUT2D eigenvalue weighted by Crippen LogP contribution is 2.12. The second-order valence-electron chi connectivity index (χ2n) is 4.56. The van der Waals surface area contributed by atoms with Gasteiger partial charge in [-0.1, -0.05) is 45.5 Å². The third-order valence-corrected chi connectivity index (χ3v) is 4.36. The average molecular weight is 363 g/mol. The molecular weight excluding hydrogens is 348 g/mol. The molecule has 0 amide bonds. The molecular formula is C17H15BrO2S. The molecule has 2 aromatic rings. The monoisotopic (exact) mass is 362 g/mol. The van der Waals surface area contributed by atoms with E-state index in [0.29, 0.717) is 4.90 Å². The maximum atomic E-state index is 12.0. The molecule has 2 rings (SSSR count). The topological polar surface area (TPSA) is 26.3 Å². The molecule has 0 aliphatic rings. The van der Waals surface area contributed by atoms with Crippen molar-refractivity contribution in [3.05, 3.63) is 64.1 Å². The molecule has 0 radical (unpaired) electrons. The van der Waals surface area contributed by atoms with Crippen molar-refractivity contribution < 1.29 is 8.39 Å². The van der Waals surface area contributed by atoms with Crippen molar-refractivity contribution >= 4 is 27.0 Å². The van der Waals surface area contributed by atoms with Gasteiger partial charge in [0.2, 0.25) is 0 Å². The minimum absolute atomic E-state index is 0.407. The van der Waals surface area contributed by atoms with E-state index in [1.807, 2.05) is 43.3 Å². The fourth-order valence-electron chi connectivity index (χ4n) is 1.58. The number of hydrogen-bond acceptors (Lipinski definition) is 2. The zero-order valence-corrected chi connectivity index (χ0v) is 14.2. The van der Waals surface area contributed by atoms with Crippen LogP contribution in [0.2, 0.25) is 0 Å².